The maximum absolute atomic E-state index is 5.46. The molecule has 5 nitrogen and oxygen atoms in total. The molecule has 0 spiro atoms. The standard InChI is InChI=1S/C19H31N3O2.HI/c1-20-19(21-11-6-12-24-14-13-23-2)22-15-17-9-5-8-16-7-3-4-10-18(16)17;/h3-4,7,10,17H,5-6,8-9,11-15H2,1-2H3,(H2,20,21,22);1H. The summed E-state index contributed by atoms with van der Waals surface area (Å²) in [5.41, 5.74) is 3.00. The van der Waals surface area contributed by atoms with E-state index in [1.165, 1.54) is 30.4 Å². The summed E-state index contributed by atoms with van der Waals surface area (Å²) in [6, 6.07) is 8.82. The van der Waals surface area contributed by atoms with Gasteiger partial charge in [-0.3, -0.25) is 4.99 Å². The third kappa shape index (κ3) is 7.92. The van der Waals surface area contributed by atoms with Gasteiger partial charge in [0.15, 0.2) is 5.96 Å². The van der Waals surface area contributed by atoms with Crippen molar-refractivity contribution in [2.75, 3.05) is 47.1 Å². The van der Waals surface area contributed by atoms with E-state index >= 15 is 0 Å². The van der Waals surface area contributed by atoms with Crippen LogP contribution in [-0.4, -0.2) is 53.0 Å². The fourth-order valence-corrected chi connectivity index (χ4v) is 3.13. The molecule has 0 aliphatic heterocycles. The molecular formula is C19H32IN3O2. The van der Waals surface area contributed by atoms with E-state index in [4.69, 9.17) is 9.47 Å². The number of hydrogen-bond acceptors (Lipinski definition) is 3. The Hall–Kier alpha value is -0.860. The summed E-state index contributed by atoms with van der Waals surface area (Å²) in [6.45, 7) is 3.84. The van der Waals surface area contributed by atoms with Crippen molar-refractivity contribution in [1.82, 2.24) is 10.6 Å². The first-order valence-electron chi connectivity index (χ1n) is 8.94. The number of rotatable bonds is 9. The Kier molecular flexibility index (Phi) is 11.9. The van der Waals surface area contributed by atoms with Crippen LogP contribution in [0.25, 0.3) is 0 Å². The first kappa shape index (κ1) is 22.2. The number of methoxy groups -OCH3 is 1. The molecule has 6 heteroatoms. The third-order valence-corrected chi connectivity index (χ3v) is 4.42. The van der Waals surface area contributed by atoms with Crippen molar-refractivity contribution < 1.29 is 9.47 Å². The van der Waals surface area contributed by atoms with Crippen LogP contribution in [0.5, 0.6) is 0 Å². The molecule has 0 bridgehead atoms. The Morgan fingerprint density at radius 3 is 2.84 bits per heavy atom. The average Bonchev–Trinajstić information content (AvgIpc) is 2.63. The first-order chi connectivity index (χ1) is 11.8. The second kappa shape index (κ2) is 13.4. The van der Waals surface area contributed by atoms with Gasteiger partial charge in [0.05, 0.1) is 13.2 Å². The van der Waals surface area contributed by atoms with Crippen molar-refractivity contribution in [3.05, 3.63) is 35.4 Å². The number of benzene rings is 1. The molecule has 1 unspecified atom stereocenters. The van der Waals surface area contributed by atoms with Crippen LogP contribution in [0.3, 0.4) is 0 Å². The minimum Gasteiger partial charge on any atom is -0.382 e. The summed E-state index contributed by atoms with van der Waals surface area (Å²) in [6.07, 6.45) is 4.68. The highest BCUT2D eigenvalue weighted by Crippen LogP contribution is 2.30. The molecule has 1 aliphatic carbocycles. The normalized spacial score (nSPS) is 16.7. The lowest BCUT2D eigenvalue weighted by Gasteiger charge is -2.26. The summed E-state index contributed by atoms with van der Waals surface area (Å²) < 4.78 is 10.4. The van der Waals surface area contributed by atoms with Gasteiger partial charge in [0.2, 0.25) is 0 Å². The van der Waals surface area contributed by atoms with Gasteiger partial charge in [-0.15, -0.1) is 24.0 Å². The van der Waals surface area contributed by atoms with Crippen molar-refractivity contribution in [3.8, 4) is 0 Å². The Morgan fingerprint density at radius 2 is 2.04 bits per heavy atom. The maximum atomic E-state index is 5.46. The first-order valence-corrected chi connectivity index (χ1v) is 8.94. The number of nitrogens with zero attached hydrogens (tertiary/aromatic N) is 1. The van der Waals surface area contributed by atoms with Gasteiger partial charge in [-0.05, 0) is 36.8 Å². The molecule has 142 valence electrons. The number of fused-ring (bicyclic) bond motifs is 1. The summed E-state index contributed by atoms with van der Waals surface area (Å²) >= 11 is 0. The van der Waals surface area contributed by atoms with Crippen LogP contribution in [-0.2, 0) is 15.9 Å². The molecule has 0 fully saturated rings. The highest BCUT2D eigenvalue weighted by molar-refractivity contribution is 14.0. The molecule has 0 amide bonds. The van der Waals surface area contributed by atoms with Crippen LogP contribution in [0.1, 0.15) is 36.3 Å². The quantitative estimate of drug-likeness (QED) is 0.257. The smallest absolute Gasteiger partial charge is 0.190 e. The van der Waals surface area contributed by atoms with E-state index < -0.39 is 0 Å². The van der Waals surface area contributed by atoms with E-state index in [9.17, 15) is 0 Å². The highest BCUT2D eigenvalue weighted by atomic mass is 127. The Bertz CT molecular complexity index is 511. The predicted octanol–water partition coefficient (Wildman–Crippen LogP) is 2.94. The fourth-order valence-electron chi connectivity index (χ4n) is 3.13. The summed E-state index contributed by atoms with van der Waals surface area (Å²) in [5, 5.41) is 6.82. The molecule has 25 heavy (non-hydrogen) atoms. The number of guanidine groups is 1. The van der Waals surface area contributed by atoms with Crippen molar-refractivity contribution in [2.24, 2.45) is 4.99 Å². The highest BCUT2D eigenvalue weighted by Gasteiger charge is 2.19. The van der Waals surface area contributed by atoms with Crippen LogP contribution in [0.4, 0.5) is 0 Å². The third-order valence-electron chi connectivity index (χ3n) is 4.42. The van der Waals surface area contributed by atoms with E-state index in [1.54, 1.807) is 7.11 Å². The number of halogens is 1. The predicted molar refractivity (Wildman–Crippen MR) is 114 cm³/mol. The molecule has 2 rings (SSSR count). The molecule has 0 saturated carbocycles. The molecule has 1 atom stereocenters. The SMILES string of the molecule is CN=C(NCCCOCCOC)NCC1CCCc2ccccc21.I. The number of aliphatic imine (C=N–C) groups is 1. The van der Waals surface area contributed by atoms with Gasteiger partial charge in [-0.1, -0.05) is 24.3 Å². The molecule has 1 aromatic rings. The van der Waals surface area contributed by atoms with Crippen molar-refractivity contribution in [1.29, 1.82) is 0 Å². The molecule has 2 N–H and O–H groups in total. The lowest BCUT2D eigenvalue weighted by atomic mass is 9.83. The van der Waals surface area contributed by atoms with E-state index in [0.717, 1.165) is 32.1 Å². The van der Waals surface area contributed by atoms with E-state index in [0.29, 0.717) is 19.1 Å². The van der Waals surface area contributed by atoms with Crippen molar-refractivity contribution >= 4 is 29.9 Å². The van der Waals surface area contributed by atoms with Crippen LogP contribution >= 0.6 is 24.0 Å². The van der Waals surface area contributed by atoms with Crippen LogP contribution in [0, 0.1) is 0 Å². The van der Waals surface area contributed by atoms with E-state index in [-0.39, 0.29) is 24.0 Å². The zero-order valence-corrected chi connectivity index (χ0v) is 17.8. The van der Waals surface area contributed by atoms with Crippen LogP contribution < -0.4 is 10.6 Å². The second-order valence-electron chi connectivity index (χ2n) is 6.13. The van der Waals surface area contributed by atoms with Gasteiger partial charge in [-0.25, -0.2) is 0 Å². The largest absolute Gasteiger partial charge is 0.382 e. The van der Waals surface area contributed by atoms with Crippen molar-refractivity contribution in [2.45, 2.75) is 31.6 Å². The van der Waals surface area contributed by atoms with Crippen LogP contribution in [0.15, 0.2) is 29.3 Å². The number of hydrogen-bond donors (Lipinski definition) is 2. The molecular weight excluding hydrogens is 429 g/mol. The van der Waals surface area contributed by atoms with Gasteiger partial charge < -0.3 is 20.1 Å². The fraction of sp³-hybridized carbons (Fsp3) is 0.632. The minimum absolute atomic E-state index is 0. The van der Waals surface area contributed by atoms with Gasteiger partial charge >= 0.3 is 0 Å². The number of aryl methyl sites for hydroxylation is 1. The Balaban J connectivity index is 0.00000312. The van der Waals surface area contributed by atoms with Crippen molar-refractivity contribution in [3.63, 3.8) is 0 Å². The van der Waals surface area contributed by atoms with Gasteiger partial charge in [0, 0.05) is 39.8 Å². The molecule has 1 aliphatic rings. The molecule has 1 aromatic carbocycles. The van der Waals surface area contributed by atoms with Crippen LogP contribution in [0.2, 0.25) is 0 Å². The van der Waals surface area contributed by atoms with E-state index in [1.807, 2.05) is 7.05 Å². The van der Waals surface area contributed by atoms with Gasteiger partial charge in [0.25, 0.3) is 0 Å². The number of ether oxygens (including phenoxy) is 2. The lowest BCUT2D eigenvalue weighted by Crippen LogP contribution is -2.40. The zero-order valence-electron chi connectivity index (χ0n) is 15.4. The molecule has 0 heterocycles. The topological polar surface area (TPSA) is 54.9 Å². The zero-order chi connectivity index (χ0) is 17.0. The molecule has 0 radical (unpaired) electrons. The monoisotopic (exact) mass is 461 g/mol. The lowest BCUT2D eigenvalue weighted by molar-refractivity contribution is 0.0698. The van der Waals surface area contributed by atoms with Gasteiger partial charge in [0.1, 0.15) is 0 Å². The Morgan fingerprint density at radius 1 is 1.20 bits per heavy atom. The second-order valence-corrected chi connectivity index (χ2v) is 6.13. The summed E-state index contributed by atoms with van der Waals surface area (Å²) in [7, 11) is 3.50. The number of nitrogens with one attached hydrogen (secondary N) is 2. The van der Waals surface area contributed by atoms with Gasteiger partial charge in [-0.2, -0.15) is 0 Å². The Labute approximate surface area is 169 Å². The molecule has 0 saturated heterocycles. The maximum Gasteiger partial charge on any atom is 0.190 e. The van der Waals surface area contributed by atoms with E-state index in [2.05, 4.69) is 39.9 Å². The minimum atomic E-state index is 0. The molecule has 0 aromatic heterocycles. The summed E-state index contributed by atoms with van der Waals surface area (Å²) in [4.78, 5) is 4.31. The average molecular weight is 461 g/mol. The summed E-state index contributed by atoms with van der Waals surface area (Å²) in [5.74, 6) is 1.45.